The number of sulfonamides is 1. The van der Waals surface area contributed by atoms with E-state index in [9.17, 15) is 13.2 Å². The second-order valence-corrected chi connectivity index (χ2v) is 13.4. The zero-order chi connectivity index (χ0) is 32.4. The number of nitrogens with zero attached hydrogens (tertiary/aromatic N) is 6. The lowest BCUT2D eigenvalue weighted by atomic mass is 9.84. The SMILES string of the molecule is CC[C@@H]1CN(Cc2cc(C(CC(=O)Nc3ccncc3)c3ccc4c(nnn4CC)c3C)ccc2C)S(=O)(=O)c2cccnc2O1. The van der Waals surface area contributed by atoms with Gasteiger partial charge < -0.3 is 10.1 Å². The second kappa shape index (κ2) is 13.0. The van der Waals surface area contributed by atoms with Gasteiger partial charge in [-0.1, -0.05) is 36.4 Å². The van der Waals surface area contributed by atoms with E-state index in [0.717, 1.165) is 38.9 Å². The molecule has 1 N–H and O–H groups in total. The summed E-state index contributed by atoms with van der Waals surface area (Å²) in [6.45, 7) is 9.00. The molecule has 0 saturated carbocycles. The molecule has 1 aliphatic rings. The molecule has 6 rings (SSSR count). The van der Waals surface area contributed by atoms with Gasteiger partial charge in [-0.3, -0.25) is 9.78 Å². The fraction of sp³-hybridized carbons (Fsp3) is 0.324. The number of rotatable bonds is 9. The van der Waals surface area contributed by atoms with Gasteiger partial charge in [0.25, 0.3) is 0 Å². The van der Waals surface area contributed by atoms with Crippen molar-refractivity contribution < 1.29 is 17.9 Å². The van der Waals surface area contributed by atoms with E-state index in [1.807, 2.05) is 62.7 Å². The van der Waals surface area contributed by atoms with Gasteiger partial charge in [-0.05, 0) is 85.3 Å². The number of aryl methyl sites for hydroxylation is 3. The van der Waals surface area contributed by atoms with Crippen LogP contribution in [0.4, 0.5) is 5.69 Å². The topological polar surface area (TPSA) is 132 Å². The monoisotopic (exact) mass is 639 g/mol. The quantitative estimate of drug-likeness (QED) is 0.227. The van der Waals surface area contributed by atoms with E-state index in [2.05, 4.69) is 25.6 Å². The summed E-state index contributed by atoms with van der Waals surface area (Å²) in [6, 6.07) is 16.7. The number of nitrogens with one attached hydrogen (secondary N) is 1. The fourth-order valence-electron chi connectivity index (χ4n) is 5.98. The Morgan fingerprint density at radius 1 is 1.07 bits per heavy atom. The summed E-state index contributed by atoms with van der Waals surface area (Å²) >= 11 is 0. The van der Waals surface area contributed by atoms with E-state index >= 15 is 0 Å². The van der Waals surface area contributed by atoms with Crippen molar-refractivity contribution in [1.29, 1.82) is 0 Å². The smallest absolute Gasteiger partial charge is 0.248 e. The number of aromatic nitrogens is 5. The molecule has 46 heavy (non-hydrogen) atoms. The van der Waals surface area contributed by atoms with Crippen LogP contribution in [0.25, 0.3) is 11.0 Å². The highest BCUT2D eigenvalue weighted by Crippen LogP contribution is 2.36. The highest BCUT2D eigenvalue weighted by molar-refractivity contribution is 7.89. The van der Waals surface area contributed by atoms with Crippen molar-refractivity contribution in [3.63, 3.8) is 0 Å². The lowest BCUT2D eigenvalue weighted by Crippen LogP contribution is -2.36. The fourth-order valence-corrected chi connectivity index (χ4v) is 7.51. The van der Waals surface area contributed by atoms with Gasteiger partial charge in [0, 0.05) is 49.7 Å². The van der Waals surface area contributed by atoms with Crippen LogP contribution >= 0.6 is 0 Å². The van der Waals surface area contributed by atoms with E-state index < -0.39 is 10.0 Å². The number of carbonyl (C=O) groups is 1. The van der Waals surface area contributed by atoms with E-state index in [0.29, 0.717) is 18.7 Å². The van der Waals surface area contributed by atoms with Crippen LogP contribution in [0.5, 0.6) is 5.88 Å². The molecule has 2 atom stereocenters. The molecule has 0 spiro atoms. The zero-order valence-corrected chi connectivity index (χ0v) is 27.2. The summed E-state index contributed by atoms with van der Waals surface area (Å²) < 4.78 is 37.1. The van der Waals surface area contributed by atoms with Crippen molar-refractivity contribution in [3.05, 3.63) is 101 Å². The summed E-state index contributed by atoms with van der Waals surface area (Å²) in [7, 11) is -3.89. The number of hydrogen-bond donors (Lipinski definition) is 1. The van der Waals surface area contributed by atoms with E-state index in [-0.39, 0.29) is 48.2 Å². The van der Waals surface area contributed by atoms with Crippen molar-refractivity contribution in [3.8, 4) is 5.88 Å². The molecule has 0 saturated heterocycles. The normalized spacial score (nSPS) is 16.7. The molecule has 1 amide bonds. The number of anilines is 1. The van der Waals surface area contributed by atoms with Gasteiger partial charge in [0.2, 0.25) is 21.8 Å². The van der Waals surface area contributed by atoms with E-state index in [1.165, 1.54) is 16.6 Å². The minimum atomic E-state index is -3.89. The van der Waals surface area contributed by atoms with Crippen LogP contribution in [0, 0.1) is 13.8 Å². The van der Waals surface area contributed by atoms with Gasteiger partial charge >= 0.3 is 0 Å². The van der Waals surface area contributed by atoms with Gasteiger partial charge in [-0.2, -0.15) is 4.31 Å². The second-order valence-electron chi connectivity index (χ2n) is 11.5. The number of hydrogen-bond acceptors (Lipinski definition) is 8. The van der Waals surface area contributed by atoms with Crippen molar-refractivity contribution in [2.45, 2.75) is 70.5 Å². The number of carbonyl (C=O) groups excluding carboxylic acids is 1. The third-order valence-electron chi connectivity index (χ3n) is 8.63. The molecule has 0 fully saturated rings. The van der Waals surface area contributed by atoms with Gasteiger partial charge in [-0.25, -0.2) is 18.1 Å². The van der Waals surface area contributed by atoms with Gasteiger partial charge in [0.05, 0.1) is 12.1 Å². The maximum absolute atomic E-state index is 13.9. The van der Waals surface area contributed by atoms with Crippen LogP contribution in [0.3, 0.4) is 0 Å². The van der Waals surface area contributed by atoms with Crippen molar-refractivity contribution in [2.24, 2.45) is 0 Å². The summed E-state index contributed by atoms with van der Waals surface area (Å²) in [6.07, 6.45) is 5.25. The molecular formula is C34H37N7O4S. The predicted molar refractivity (Wildman–Crippen MR) is 175 cm³/mol. The maximum atomic E-state index is 13.9. The molecule has 0 radical (unpaired) electrons. The van der Waals surface area contributed by atoms with E-state index in [1.54, 1.807) is 30.6 Å². The van der Waals surface area contributed by atoms with Gasteiger partial charge in [-0.15, -0.1) is 5.10 Å². The largest absolute Gasteiger partial charge is 0.472 e. The average molecular weight is 640 g/mol. The molecule has 1 aliphatic heterocycles. The molecule has 12 heteroatoms. The summed E-state index contributed by atoms with van der Waals surface area (Å²) in [5, 5.41) is 11.8. The minimum Gasteiger partial charge on any atom is -0.472 e. The molecule has 11 nitrogen and oxygen atoms in total. The molecule has 0 aliphatic carbocycles. The molecule has 2 aromatic carbocycles. The van der Waals surface area contributed by atoms with E-state index in [4.69, 9.17) is 4.74 Å². The third kappa shape index (κ3) is 6.10. The van der Waals surface area contributed by atoms with Crippen LogP contribution < -0.4 is 10.1 Å². The van der Waals surface area contributed by atoms with Crippen LogP contribution in [0.2, 0.25) is 0 Å². The Hall–Kier alpha value is -4.68. The van der Waals surface area contributed by atoms with Crippen LogP contribution in [-0.2, 0) is 27.9 Å². The number of amides is 1. The minimum absolute atomic E-state index is 0.0643. The zero-order valence-electron chi connectivity index (χ0n) is 26.3. The Morgan fingerprint density at radius 3 is 2.63 bits per heavy atom. The molecular weight excluding hydrogens is 602 g/mol. The van der Waals surface area contributed by atoms with Crippen LogP contribution in [0.15, 0.2) is 78.1 Å². The summed E-state index contributed by atoms with van der Waals surface area (Å²) in [5.74, 6) is -0.361. The van der Waals surface area contributed by atoms with Gasteiger partial charge in [0.15, 0.2) is 0 Å². The number of fused-ring (bicyclic) bond motifs is 2. The Labute approximate surface area is 268 Å². The summed E-state index contributed by atoms with van der Waals surface area (Å²) in [4.78, 5) is 21.8. The maximum Gasteiger partial charge on any atom is 0.248 e. The van der Waals surface area contributed by atoms with Crippen molar-refractivity contribution in [2.75, 3.05) is 11.9 Å². The molecule has 1 unspecified atom stereocenters. The average Bonchev–Trinajstić information content (AvgIpc) is 3.45. The first-order valence-electron chi connectivity index (χ1n) is 15.4. The number of pyridine rings is 2. The highest BCUT2D eigenvalue weighted by atomic mass is 32.2. The summed E-state index contributed by atoms with van der Waals surface area (Å²) in [5.41, 5.74) is 6.98. The third-order valence-corrected chi connectivity index (χ3v) is 10.5. The molecule has 0 bridgehead atoms. The Bertz CT molecular complexity index is 2000. The highest BCUT2D eigenvalue weighted by Gasteiger charge is 2.35. The number of ether oxygens (including phenoxy) is 1. The first-order valence-corrected chi connectivity index (χ1v) is 16.9. The predicted octanol–water partition coefficient (Wildman–Crippen LogP) is 5.38. The van der Waals surface area contributed by atoms with Crippen LogP contribution in [-0.4, -0.2) is 56.2 Å². The van der Waals surface area contributed by atoms with Crippen molar-refractivity contribution in [1.82, 2.24) is 29.3 Å². The first kappa shape index (κ1) is 31.3. The van der Waals surface area contributed by atoms with Gasteiger partial charge in [0.1, 0.15) is 16.5 Å². The standard InChI is InChI=1S/C34H37N7O4S/c1-5-27-21-40(46(43,44)31-8-7-15-36-34(31)45-27)20-25-18-24(10-9-22(25)3)29(19-32(42)37-26-13-16-35-17-14-26)28-11-12-30-33(23(28)4)38-39-41(30)6-2/h7-18,27,29H,5-6,19-21H2,1-4H3,(H,35,37,42)/t27-,29?/m1/s1. The first-order chi connectivity index (χ1) is 22.2. The lowest BCUT2D eigenvalue weighted by molar-refractivity contribution is -0.116. The molecule has 5 aromatic rings. The molecule has 238 valence electrons. The Kier molecular flexibility index (Phi) is 8.83. The Morgan fingerprint density at radius 2 is 1.87 bits per heavy atom. The molecule has 3 aromatic heterocycles. The lowest BCUT2D eigenvalue weighted by Gasteiger charge is -2.25. The molecule has 4 heterocycles. The van der Waals surface area contributed by atoms with Crippen molar-refractivity contribution >= 4 is 32.7 Å². The Balaban J connectivity index is 1.40. The number of benzene rings is 2. The van der Waals surface area contributed by atoms with Crippen LogP contribution in [0.1, 0.15) is 60.4 Å².